The summed E-state index contributed by atoms with van der Waals surface area (Å²) in [7, 11) is 0. The van der Waals surface area contributed by atoms with Crippen LogP contribution in [0.1, 0.15) is 40.7 Å². The van der Waals surface area contributed by atoms with Crippen LogP contribution in [-0.4, -0.2) is 101 Å². The molecule has 1 aromatic rings. The molecule has 0 aromatic heterocycles. The number of ether oxygens (including phenoxy) is 5. The van der Waals surface area contributed by atoms with E-state index >= 15 is 0 Å². The summed E-state index contributed by atoms with van der Waals surface area (Å²) < 4.78 is 27.2. The number of piperidine rings is 1. The Hall–Kier alpha value is -2.41. The fraction of sp³-hybridized carbons (Fsp3) is 0.654. The molecule has 3 rings (SSSR count). The number of carbonyl (C=O) groups is 3. The lowest BCUT2D eigenvalue weighted by molar-refractivity contribution is -0.136. The number of rotatable bonds is 19. The number of nitrogens with one attached hydrogen (secondary N) is 1. The van der Waals surface area contributed by atoms with Crippen LogP contribution in [0.25, 0.3) is 0 Å². The zero-order valence-electron chi connectivity index (χ0n) is 21.4. The van der Waals surface area contributed by atoms with E-state index in [9.17, 15) is 14.4 Å². The molecule has 0 saturated carbocycles. The first-order chi connectivity index (χ1) is 18.1. The Balaban J connectivity index is 1.22. The van der Waals surface area contributed by atoms with Crippen LogP contribution in [0.4, 0.5) is 0 Å². The van der Waals surface area contributed by atoms with Crippen molar-refractivity contribution < 1.29 is 38.1 Å². The molecule has 0 spiro atoms. The lowest BCUT2D eigenvalue weighted by Crippen LogP contribution is -2.52. The average molecular weight is 522 g/mol. The van der Waals surface area contributed by atoms with Crippen LogP contribution < -0.4 is 11.1 Å². The lowest BCUT2D eigenvalue weighted by atomic mass is 10.00. The van der Waals surface area contributed by atoms with Gasteiger partial charge in [-0.25, -0.2) is 0 Å². The van der Waals surface area contributed by atoms with E-state index < -0.39 is 11.9 Å². The topological polar surface area (TPSA) is 139 Å². The number of hydrogen-bond donors (Lipinski definition) is 2. The molecular formula is C26H39N3O8. The highest BCUT2D eigenvalue weighted by molar-refractivity contribution is 6.05. The van der Waals surface area contributed by atoms with Crippen molar-refractivity contribution in [3.05, 3.63) is 34.9 Å². The quantitative estimate of drug-likeness (QED) is 0.196. The smallest absolute Gasteiger partial charge is 0.255 e. The molecule has 1 aromatic carbocycles. The third kappa shape index (κ3) is 9.44. The Labute approximate surface area is 217 Å². The van der Waals surface area contributed by atoms with Crippen LogP contribution in [0.15, 0.2) is 18.2 Å². The van der Waals surface area contributed by atoms with Crippen LogP contribution in [-0.2, 0) is 46.2 Å². The molecule has 2 heterocycles. The van der Waals surface area contributed by atoms with Crippen LogP contribution in [0.3, 0.4) is 0 Å². The summed E-state index contributed by atoms with van der Waals surface area (Å²) in [5.74, 6) is -0.827. The monoisotopic (exact) mass is 521 g/mol. The summed E-state index contributed by atoms with van der Waals surface area (Å²) in [5, 5.41) is 2.34. The summed E-state index contributed by atoms with van der Waals surface area (Å²) in [4.78, 5) is 38.2. The van der Waals surface area contributed by atoms with E-state index in [0.29, 0.717) is 91.1 Å². The predicted octanol–water partition coefficient (Wildman–Crippen LogP) is 0.422. The second-order valence-electron chi connectivity index (χ2n) is 8.80. The second-order valence-corrected chi connectivity index (χ2v) is 8.80. The van der Waals surface area contributed by atoms with E-state index in [2.05, 4.69) is 5.32 Å². The minimum Gasteiger partial charge on any atom is -0.379 e. The largest absolute Gasteiger partial charge is 0.379 e. The molecular weight excluding hydrogens is 482 g/mol. The van der Waals surface area contributed by atoms with E-state index in [1.165, 1.54) is 0 Å². The minimum atomic E-state index is -0.598. The highest BCUT2D eigenvalue weighted by Crippen LogP contribution is 2.30. The van der Waals surface area contributed by atoms with Gasteiger partial charge < -0.3 is 34.3 Å². The number of amides is 3. The maximum absolute atomic E-state index is 12.9. The number of carbonyl (C=O) groups excluding carboxylic acids is 3. The van der Waals surface area contributed by atoms with E-state index in [1.807, 2.05) is 12.1 Å². The Kier molecular flexibility index (Phi) is 12.9. The van der Waals surface area contributed by atoms with Crippen molar-refractivity contribution in [2.45, 2.75) is 38.3 Å². The number of benzene rings is 1. The maximum Gasteiger partial charge on any atom is 0.255 e. The molecule has 1 fully saturated rings. The summed E-state index contributed by atoms with van der Waals surface area (Å²) in [6.45, 7) is 6.13. The number of nitrogens with two attached hydrogens (primary N) is 1. The van der Waals surface area contributed by atoms with Gasteiger partial charge in [-0.2, -0.15) is 0 Å². The molecule has 0 aliphatic carbocycles. The molecule has 11 heteroatoms. The van der Waals surface area contributed by atoms with Gasteiger partial charge in [-0.3, -0.25) is 19.7 Å². The molecule has 2 aliphatic rings. The molecule has 2 aliphatic heterocycles. The van der Waals surface area contributed by atoms with Crippen LogP contribution >= 0.6 is 0 Å². The van der Waals surface area contributed by atoms with Gasteiger partial charge in [0.25, 0.3) is 5.91 Å². The third-order valence-corrected chi connectivity index (χ3v) is 6.16. The van der Waals surface area contributed by atoms with E-state index in [4.69, 9.17) is 29.4 Å². The van der Waals surface area contributed by atoms with Gasteiger partial charge in [0.1, 0.15) is 6.04 Å². The fourth-order valence-corrected chi connectivity index (χ4v) is 4.31. The minimum absolute atomic E-state index is 0.149. The number of nitrogens with zero attached hydrogens (tertiary/aromatic N) is 1. The first-order valence-corrected chi connectivity index (χ1v) is 13.0. The Bertz CT molecular complexity index is 881. The van der Waals surface area contributed by atoms with Crippen molar-refractivity contribution in [1.82, 2.24) is 10.2 Å². The van der Waals surface area contributed by atoms with Gasteiger partial charge in [-0.15, -0.1) is 0 Å². The van der Waals surface area contributed by atoms with Crippen molar-refractivity contribution in [1.29, 1.82) is 0 Å². The van der Waals surface area contributed by atoms with Crippen LogP contribution in [0.2, 0.25) is 0 Å². The Morgan fingerprint density at radius 3 is 2.03 bits per heavy atom. The first kappa shape index (κ1) is 29.2. The van der Waals surface area contributed by atoms with E-state index in [-0.39, 0.29) is 18.2 Å². The van der Waals surface area contributed by atoms with Gasteiger partial charge in [0, 0.05) is 31.7 Å². The summed E-state index contributed by atoms with van der Waals surface area (Å²) in [6.07, 6.45) is 2.19. The molecule has 0 bridgehead atoms. The highest BCUT2D eigenvalue weighted by atomic mass is 16.6. The van der Waals surface area contributed by atoms with E-state index in [0.717, 1.165) is 24.0 Å². The summed E-state index contributed by atoms with van der Waals surface area (Å²) in [6, 6.07) is 5.10. The normalized spacial score (nSPS) is 17.4. The molecule has 1 unspecified atom stereocenters. The van der Waals surface area contributed by atoms with Crippen molar-refractivity contribution in [2.75, 3.05) is 72.6 Å². The molecule has 3 N–H and O–H groups in total. The fourth-order valence-electron chi connectivity index (χ4n) is 4.31. The zero-order chi connectivity index (χ0) is 26.3. The predicted molar refractivity (Wildman–Crippen MR) is 134 cm³/mol. The lowest BCUT2D eigenvalue weighted by Gasteiger charge is -2.29. The van der Waals surface area contributed by atoms with Crippen molar-refractivity contribution in [2.24, 2.45) is 5.73 Å². The zero-order valence-corrected chi connectivity index (χ0v) is 21.4. The number of aryl methyl sites for hydroxylation is 1. The molecule has 206 valence electrons. The van der Waals surface area contributed by atoms with Gasteiger partial charge in [-0.05, 0) is 36.5 Å². The van der Waals surface area contributed by atoms with Gasteiger partial charge in [0.15, 0.2) is 0 Å². The standard InChI is InChI=1S/C26H39N3O8/c27-8-10-34-12-14-36-16-18-37-17-15-35-13-11-33-9-2-4-20-3-1-5-21-22(20)19-29(26(21)32)23-6-7-24(30)28-25(23)31/h1,3,5,23H,2,4,6-19,27H2,(H,28,30,31). The summed E-state index contributed by atoms with van der Waals surface area (Å²) in [5.41, 5.74) is 8.02. The molecule has 11 nitrogen and oxygen atoms in total. The molecule has 3 amide bonds. The van der Waals surface area contributed by atoms with Gasteiger partial charge in [0.2, 0.25) is 11.8 Å². The van der Waals surface area contributed by atoms with Crippen molar-refractivity contribution >= 4 is 17.7 Å². The van der Waals surface area contributed by atoms with Gasteiger partial charge in [0.05, 0.1) is 59.5 Å². The number of fused-ring (bicyclic) bond motifs is 1. The second kappa shape index (κ2) is 16.4. The Morgan fingerprint density at radius 2 is 1.43 bits per heavy atom. The van der Waals surface area contributed by atoms with Crippen molar-refractivity contribution in [3.8, 4) is 0 Å². The molecule has 37 heavy (non-hydrogen) atoms. The summed E-state index contributed by atoms with van der Waals surface area (Å²) >= 11 is 0. The van der Waals surface area contributed by atoms with Crippen molar-refractivity contribution in [3.63, 3.8) is 0 Å². The Morgan fingerprint density at radius 1 is 0.838 bits per heavy atom. The average Bonchev–Trinajstić information content (AvgIpc) is 3.22. The molecule has 0 radical (unpaired) electrons. The number of hydrogen-bond acceptors (Lipinski definition) is 9. The van der Waals surface area contributed by atoms with Gasteiger partial charge >= 0.3 is 0 Å². The SMILES string of the molecule is NCCOCCOCCOCCOCCOCCCc1cccc2c1CN(C1CCC(=O)NC1=O)C2=O. The maximum atomic E-state index is 12.9. The van der Waals surface area contributed by atoms with E-state index in [1.54, 1.807) is 11.0 Å². The van der Waals surface area contributed by atoms with Gasteiger partial charge in [-0.1, -0.05) is 12.1 Å². The van der Waals surface area contributed by atoms with Crippen LogP contribution in [0.5, 0.6) is 0 Å². The number of imide groups is 1. The van der Waals surface area contributed by atoms with Crippen LogP contribution in [0, 0.1) is 0 Å². The molecule has 1 atom stereocenters. The highest BCUT2D eigenvalue weighted by Gasteiger charge is 2.39. The molecule has 1 saturated heterocycles. The third-order valence-electron chi connectivity index (χ3n) is 6.16. The first-order valence-electron chi connectivity index (χ1n) is 13.0.